The number of anilines is 2. The van der Waals surface area contributed by atoms with Gasteiger partial charge in [-0.05, 0) is 54.3 Å². The van der Waals surface area contributed by atoms with Crippen LogP contribution in [0.25, 0.3) is 0 Å². The summed E-state index contributed by atoms with van der Waals surface area (Å²) >= 11 is 6.51. The number of nitrogens with one attached hydrogen (secondary N) is 3. The zero-order valence-corrected chi connectivity index (χ0v) is 15.7. The first-order valence-electron chi connectivity index (χ1n) is 8.64. The van der Waals surface area contributed by atoms with Crippen LogP contribution >= 0.6 is 11.6 Å². The van der Waals surface area contributed by atoms with Crippen molar-refractivity contribution < 1.29 is 14.6 Å². The van der Waals surface area contributed by atoms with E-state index in [1.807, 2.05) is 0 Å². The van der Waals surface area contributed by atoms with Crippen LogP contribution in [0.5, 0.6) is 17.2 Å². The predicted molar refractivity (Wildman–Crippen MR) is 103 cm³/mol. The van der Waals surface area contributed by atoms with E-state index in [0.29, 0.717) is 22.5 Å². The molecule has 1 heterocycles. The Morgan fingerprint density at radius 1 is 1.29 bits per heavy atom. The van der Waals surface area contributed by atoms with Crippen LogP contribution in [0.4, 0.5) is 11.6 Å². The molecule has 0 saturated heterocycles. The van der Waals surface area contributed by atoms with E-state index in [1.54, 1.807) is 12.1 Å². The van der Waals surface area contributed by atoms with E-state index in [-0.39, 0.29) is 11.3 Å². The number of H-pyrrole nitrogens is 1. The highest BCUT2D eigenvalue weighted by atomic mass is 35.5. The Kier molecular flexibility index (Phi) is 4.74. The summed E-state index contributed by atoms with van der Waals surface area (Å²) in [5, 5.41) is 29.7. The van der Waals surface area contributed by atoms with Crippen LogP contribution in [0.1, 0.15) is 27.9 Å². The fourth-order valence-corrected chi connectivity index (χ4v) is 3.55. The molecule has 0 spiro atoms. The van der Waals surface area contributed by atoms with Crippen molar-refractivity contribution in [1.82, 2.24) is 25.9 Å². The number of amides is 1. The van der Waals surface area contributed by atoms with Crippen LogP contribution in [0.2, 0.25) is 5.02 Å². The van der Waals surface area contributed by atoms with Crippen molar-refractivity contribution >= 4 is 29.1 Å². The largest absolute Gasteiger partial charge is 0.507 e. The Morgan fingerprint density at radius 2 is 2.11 bits per heavy atom. The minimum absolute atomic E-state index is 0.123. The Balaban J connectivity index is 1.70. The van der Waals surface area contributed by atoms with Gasteiger partial charge in [0.05, 0.1) is 10.6 Å². The molecular formula is C18H17ClN6O3. The maximum absolute atomic E-state index is 11.9. The monoisotopic (exact) mass is 400 g/mol. The number of phenolic OH excluding ortho intramolecular Hbond substituents is 1. The molecule has 1 aromatic heterocycles. The number of carbonyl (C=O) groups is 1. The van der Waals surface area contributed by atoms with Crippen LogP contribution in [0.15, 0.2) is 24.3 Å². The van der Waals surface area contributed by atoms with Gasteiger partial charge in [-0.15, -0.1) is 5.10 Å². The Morgan fingerprint density at radius 3 is 2.86 bits per heavy atom. The van der Waals surface area contributed by atoms with Gasteiger partial charge in [-0.1, -0.05) is 16.7 Å². The van der Waals surface area contributed by atoms with Crippen molar-refractivity contribution in [2.75, 3.05) is 12.4 Å². The zero-order chi connectivity index (χ0) is 19.7. The van der Waals surface area contributed by atoms with E-state index in [9.17, 15) is 9.90 Å². The van der Waals surface area contributed by atoms with Crippen LogP contribution < -0.4 is 15.4 Å². The summed E-state index contributed by atoms with van der Waals surface area (Å²) in [7, 11) is 1.49. The topological polar surface area (TPSA) is 125 Å². The van der Waals surface area contributed by atoms with Gasteiger partial charge >= 0.3 is 0 Å². The zero-order valence-electron chi connectivity index (χ0n) is 14.9. The average Bonchev–Trinajstić information content (AvgIpc) is 3.37. The first-order valence-corrected chi connectivity index (χ1v) is 9.02. The smallest absolute Gasteiger partial charge is 0.267 e. The van der Waals surface area contributed by atoms with Crippen LogP contribution in [-0.4, -0.2) is 38.7 Å². The molecule has 144 valence electrons. The molecule has 9 nitrogen and oxygen atoms in total. The number of phenols is 1. The lowest BCUT2D eigenvalue weighted by Gasteiger charge is -2.16. The quantitative estimate of drug-likeness (QED) is 0.518. The number of benzene rings is 2. The molecule has 0 aliphatic heterocycles. The molecule has 0 radical (unpaired) electrons. The average molecular weight is 401 g/mol. The van der Waals surface area contributed by atoms with Crippen molar-refractivity contribution in [3.05, 3.63) is 46.0 Å². The van der Waals surface area contributed by atoms with Gasteiger partial charge in [0.15, 0.2) is 0 Å². The Bertz CT molecular complexity index is 1040. The summed E-state index contributed by atoms with van der Waals surface area (Å²) < 4.78 is 6.03. The number of aromatic hydroxyl groups is 1. The van der Waals surface area contributed by atoms with Crippen LogP contribution in [0.3, 0.4) is 0 Å². The molecule has 4 rings (SSSR count). The molecule has 0 saturated carbocycles. The van der Waals surface area contributed by atoms with Gasteiger partial charge in [0, 0.05) is 18.3 Å². The molecule has 0 unspecified atom stereocenters. The van der Waals surface area contributed by atoms with E-state index in [0.717, 1.165) is 36.1 Å². The molecule has 0 bridgehead atoms. The summed E-state index contributed by atoms with van der Waals surface area (Å²) in [4.78, 5) is 11.9. The molecule has 1 aliphatic rings. The summed E-state index contributed by atoms with van der Waals surface area (Å²) in [5.74, 6) is 0.780. The third-order valence-corrected chi connectivity index (χ3v) is 4.84. The van der Waals surface area contributed by atoms with Crippen molar-refractivity contribution in [1.29, 1.82) is 0 Å². The SMILES string of the molecule is CNC(=O)c1cc(Oc2c(Cl)cc(Nc3nn[nH]n3)c3c2CCC3)ccc1O. The van der Waals surface area contributed by atoms with E-state index in [1.165, 1.54) is 19.2 Å². The number of halogens is 1. The van der Waals surface area contributed by atoms with Gasteiger partial charge < -0.3 is 20.5 Å². The number of aromatic nitrogens is 4. The lowest BCUT2D eigenvalue weighted by Crippen LogP contribution is -2.17. The third-order valence-electron chi connectivity index (χ3n) is 4.56. The lowest BCUT2D eigenvalue weighted by molar-refractivity contribution is 0.0960. The second kappa shape index (κ2) is 7.35. The number of hydrogen-bond donors (Lipinski definition) is 4. The number of tetrazole rings is 1. The minimum atomic E-state index is -0.404. The Labute approximate surface area is 165 Å². The number of aromatic amines is 1. The van der Waals surface area contributed by atoms with Gasteiger partial charge in [0.1, 0.15) is 17.2 Å². The van der Waals surface area contributed by atoms with Gasteiger partial charge in [-0.2, -0.15) is 5.21 Å². The second-order valence-electron chi connectivity index (χ2n) is 6.27. The van der Waals surface area contributed by atoms with Gasteiger partial charge in [-0.3, -0.25) is 4.79 Å². The number of ether oxygens (including phenoxy) is 1. The van der Waals surface area contributed by atoms with Crippen LogP contribution in [-0.2, 0) is 12.8 Å². The fourth-order valence-electron chi connectivity index (χ4n) is 3.29. The molecule has 0 atom stereocenters. The summed E-state index contributed by atoms with van der Waals surface area (Å²) in [5.41, 5.74) is 3.01. The number of hydrogen-bond acceptors (Lipinski definition) is 7. The molecule has 4 N–H and O–H groups in total. The van der Waals surface area contributed by atoms with Gasteiger partial charge in [0.2, 0.25) is 0 Å². The van der Waals surface area contributed by atoms with Crippen molar-refractivity contribution in [2.24, 2.45) is 0 Å². The molecule has 2 aromatic carbocycles. The van der Waals surface area contributed by atoms with E-state index >= 15 is 0 Å². The third kappa shape index (κ3) is 3.31. The first-order chi connectivity index (χ1) is 13.6. The van der Waals surface area contributed by atoms with Crippen molar-refractivity contribution in [2.45, 2.75) is 19.3 Å². The molecule has 0 fully saturated rings. The highest BCUT2D eigenvalue weighted by Gasteiger charge is 2.24. The predicted octanol–water partition coefficient (Wildman–Crippen LogP) is 2.94. The van der Waals surface area contributed by atoms with Crippen molar-refractivity contribution in [3.63, 3.8) is 0 Å². The fraction of sp³-hybridized carbons (Fsp3) is 0.222. The number of carbonyl (C=O) groups excluding carboxylic acids is 1. The molecule has 1 aliphatic carbocycles. The highest BCUT2D eigenvalue weighted by molar-refractivity contribution is 6.32. The summed E-state index contributed by atoms with van der Waals surface area (Å²) in [6, 6.07) is 6.25. The standard InChI is InChI=1S/C18H17ClN6O3/c1-20-17(27)12-7-9(5-6-15(12)26)28-16-11-4-2-3-10(11)14(8-13(16)19)21-18-22-24-25-23-18/h5-8,26H,2-4H2,1H3,(H,20,27)(H2,21,22,23,24,25). The first kappa shape index (κ1) is 18.1. The number of nitrogens with zero attached hydrogens (tertiary/aromatic N) is 3. The maximum Gasteiger partial charge on any atom is 0.267 e. The molecule has 10 heteroatoms. The van der Waals surface area contributed by atoms with E-state index < -0.39 is 5.91 Å². The maximum atomic E-state index is 11.9. The molecule has 1 amide bonds. The molecular weight excluding hydrogens is 384 g/mol. The van der Waals surface area contributed by atoms with Gasteiger partial charge in [-0.25, -0.2) is 0 Å². The van der Waals surface area contributed by atoms with E-state index in [4.69, 9.17) is 16.3 Å². The number of rotatable bonds is 5. The van der Waals surface area contributed by atoms with E-state index in [2.05, 4.69) is 31.3 Å². The van der Waals surface area contributed by atoms with Crippen LogP contribution in [0, 0.1) is 0 Å². The summed E-state index contributed by atoms with van der Waals surface area (Å²) in [6.45, 7) is 0. The minimum Gasteiger partial charge on any atom is -0.507 e. The van der Waals surface area contributed by atoms with Crippen molar-refractivity contribution in [3.8, 4) is 17.2 Å². The van der Waals surface area contributed by atoms with Gasteiger partial charge in [0.25, 0.3) is 11.9 Å². The second-order valence-corrected chi connectivity index (χ2v) is 6.67. The lowest BCUT2D eigenvalue weighted by atomic mass is 10.1. The Hall–Kier alpha value is -3.33. The molecule has 28 heavy (non-hydrogen) atoms. The normalized spacial score (nSPS) is 12.5. The molecule has 3 aromatic rings. The summed E-state index contributed by atoms with van der Waals surface area (Å²) in [6.07, 6.45) is 2.64. The number of fused-ring (bicyclic) bond motifs is 1. The highest BCUT2D eigenvalue weighted by Crippen LogP contribution is 2.44.